The van der Waals surface area contributed by atoms with E-state index in [2.05, 4.69) is 4.99 Å². The fourth-order valence-corrected chi connectivity index (χ4v) is 5.42. The van der Waals surface area contributed by atoms with Crippen LogP contribution in [0.25, 0.3) is 6.08 Å². The van der Waals surface area contributed by atoms with Crippen LogP contribution >= 0.6 is 22.9 Å². The van der Waals surface area contributed by atoms with Crippen molar-refractivity contribution in [3.8, 4) is 5.75 Å². The Balaban J connectivity index is 1.48. The summed E-state index contributed by atoms with van der Waals surface area (Å²) in [5.41, 5.74) is 0.902. The molecule has 0 amide bonds. The van der Waals surface area contributed by atoms with Gasteiger partial charge in [0.15, 0.2) is 10.6 Å². The van der Waals surface area contributed by atoms with E-state index in [0.29, 0.717) is 26.6 Å². The van der Waals surface area contributed by atoms with Gasteiger partial charge in [0.05, 0.1) is 33.9 Å². The predicted octanol–water partition coefficient (Wildman–Crippen LogP) is 4.14. The Kier molecular flexibility index (Phi) is 7.18. The molecule has 0 saturated carbocycles. The lowest BCUT2D eigenvalue weighted by Gasteiger charge is -2.24. The number of carbonyl (C=O) groups excluding carboxylic acids is 1. The standard InChI is InChI=1S/C27H20ClN3O7S/c1-15-23(26(33)36-2)24(16-6-4-3-5-7-16)30-25(32)22(39-27(30)29-15)13-18-9-10-19(38-18)14-37-21-11-8-17(28)12-20(21)31(34)35/h3-13,24H,14H2,1-2H3/b22-13+/t24-/m0/s1. The number of nitrogens with zero attached hydrogens (tertiary/aromatic N) is 3. The molecule has 3 heterocycles. The number of ether oxygens (including phenoxy) is 2. The van der Waals surface area contributed by atoms with E-state index in [4.69, 9.17) is 25.5 Å². The molecule has 10 nitrogen and oxygen atoms in total. The Morgan fingerprint density at radius 2 is 2.00 bits per heavy atom. The van der Waals surface area contributed by atoms with Gasteiger partial charge in [-0.1, -0.05) is 53.3 Å². The SMILES string of the molecule is COC(=O)C1=C(C)N=c2s/c(=C/c3ccc(COc4ccc(Cl)cc4[N+](=O)[O-])o3)c(=O)n2[C@H]1c1ccccc1. The molecule has 1 atom stereocenters. The van der Waals surface area contributed by atoms with Gasteiger partial charge in [-0.15, -0.1) is 0 Å². The minimum Gasteiger partial charge on any atom is -0.479 e. The zero-order chi connectivity index (χ0) is 27.7. The van der Waals surface area contributed by atoms with Crippen molar-refractivity contribution >= 4 is 40.7 Å². The maximum absolute atomic E-state index is 13.6. The van der Waals surface area contributed by atoms with Crippen molar-refractivity contribution in [3.05, 3.63) is 124 Å². The Morgan fingerprint density at radius 1 is 1.23 bits per heavy atom. The molecule has 1 aliphatic heterocycles. The van der Waals surface area contributed by atoms with Crippen molar-refractivity contribution in [1.82, 2.24) is 4.57 Å². The van der Waals surface area contributed by atoms with Gasteiger partial charge < -0.3 is 13.9 Å². The number of halogens is 1. The van der Waals surface area contributed by atoms with Crippen LogP contribution in [-0.2, 0) is 16.1 Å². The summed E-state index contributed by atoms with van der Waals surface area (Å²) in [6.07, 6.45) is 1.58. The van der Waals surface area contributed by atoms with E-state index in [9.17, 15) is 19.7 Å². The highest BCUT2D eigenvalue weighted by atomic mass is 35.5. The molecule has 4 aromatic rings. The highest BCUT2D eigenvalue weighted by molar-refractivity contribution is 7.07. The van der Waals surface area contributed by atoms with E-state index in [1.54, 1.807) is 25.1 Å². The quantitative estimate of drug-likeness (QED) is 0.187. The topological polar surface area (TPSA) is 126 Å². The maximum atomic E-state index is 13.6. The van der Waals surface area contributed by atoms with Gasteiger partial charge in [-0.3, -0.25) is 19.5 Å². The van der Waals surface area contributed by atoms with Crippen molar-refractivity contribution in [2.24, 2.45) is 4.99 Å². The molecule has 0 N–H and O–H groups in total. The smallest absolute Gasteiger partial charge is 0.338 e. The first-order valence-electron chi connectivity index (χ1n) is 11.6. The van der Waals surface area contributed by atoms with Crippen molar-refractivity contribution in [2.45, 2.75) is 19.6 Å². The summed E-state index contributed by atoms with van der Waals surface area (Å²) in [5, 5.41) is 11.5. The van der Waals surface area contributed by atoms with Crippen LogP contribution in [0.5, 0.6) is 5.75 Å². The van der Waals surface area contributed by atoms with Crippen LogP contribution < -0.4 is 19.6 Å². The average molecular weight is 566 g/mol. The van der Waals surface area contributed by atoms with Crippen molar-refractivity contribution < 1.29 is 23.6 Å². The molecule has 1 aliphatic rings. The molecule has 5 rings (SSSR count). The second-order valence-electron chi connectivity index (χ2n) is 8.45. The number of esters is 1. The summed E-state index contributed by atoms with van der Waals surface area (Å²) < 4.78 is 18.2. The van der Waals surface area contributed by atoms with E-state index in [1.165, 1.54) is 41.2 Å². The lowest BCUT2D eigenvalue weighted by Crippen LogP contribution is -2.39. The summed E-state index contributed by atoms with van der Waals surface area (Å²) in [4.78, 5) is 41.9. The van der Waals surface area contributed by atoms with E-state index < -0.39 is 16.9 Å². The molecule has 0 unspecified atom stereocenters. The van der Waals surface area contributed by atoms with Crippen LogP contribution in [0.4, 0.5) is 5.69 Å². The van der Waals surface area contributed by atoms with Gasteiger partial charge in [-0.05, 0) is 36.8 Å². The number of nitro benzene ring substituents is 1. The predicted molar refractivity (Wildman–Crippen MR) is 143 cm³/mol. The third-order valence-corrected chi connectivity index (χ3v) is 7.20. The first kappa shape index (κ1) is 26.1. The number of methoxy groups -OCH3 is 1. The number of furan rings is 1. The molecule has 0 spiro atoms. The van der Waals surface area contributed by atoms with Gasteiger partial charge in [-0.25, -0.2) is 9.79 Å². The first-order chi connectivity index (χ1) is 18.8. The number of thiazole rings is 1. The largest absolute Gasteiger partial charge is 0.479 e. The molecule has 198 valence electrons. The van der Waals surface area contributed by atoms with Gasteiger partial charge in [-0.2, -0.15) is 0 Å². The van der Waals surface area contributed by atoms with Gasteiger partial charge in [0, 0.05) is 17.2 Å². The molecule has 0 fully saturated rings. The zero-order valence-electron chi connectivity index (χ0n) is 20.6. The number of aromatic nitrogens is 1. The molecule has 0 saturated heterocycles. The number of allylic oxidation sites excluding steroid dienone is 1. The number of fused-ring (bicyclic) bond motifs is 1. The highest BCUT2D eigenvalue weighted by Crippen LogP contribution is 2.31. The number of nitro groups is 1. The lowest BCUT2D eigenvalue weighted by atomic mass is 9.96. The minimum absolute atomic E-state index is 0.0494. The van der Waals surface area contributed by atoms with Gasteiger partial charge in [0.2, 0.25) is 0 Å². The second-order valence-corrected chi connectivity index (χ2v) is 9.89. The molecule has 0 radical (unpaired) electrons. The summed E-state index contributed by atoms with van der Waals surface area (Å²) in [6.45, 7) is 1.64. The van der Waals surface area contributed by atoms with Crippen molar-refractivity contribution in [1.29, 1.82) is 0 Å². The summed E-state index contributed by atoms with van der Waals surface area (Å²) in [6, 6.07) is 15.9. The normalized spacial score (nSPS) is 15.1. The monoisotopic (exact) mass is 565 g/mol. The first-order valence-corrected chi connectivity index (χ1v) is 12.8. The fourth-order valence-electron chi connectivity index (χ4n) is 4.23. The average Bonchev–Trinajstić information content (AvgIpc) is 3.50. The van der Waals surface area contributed by atoms with Crippen LogP contribution in [0.15, 0.2) is 86.1 Å². The van der Waals surface area contributed by atoms with Gasteiger partial charge in [0.25, 0.3) is 5.56 Å². The fraction of sp³-hybridized carbons (Fsp3) is 0.148. The minimum atomic E-state index is -0.701. The number of carbonyl (C=O) groups is 1. The third kappa shape index (κ3) is 5.14. The Morgan fingerprint density at radius 3 is 2.72 bits per heavy atom. The summed E-state index contributed by atoms with van der Waals surface area (Å²) >= 11 is 7.02. The Hall–Kier alpha value is -4.48. The van der Waals surface area contributed by atoms with Crippen molar-refractivity contribution in [3.63, 3.8) is 0 Å². The number of hydrogen-bond donors (Lipinski definition) is 0. The van der Waals surface area contributed by atoms with Crippen molar-refractivity contribution in [2.75, 3.05) is 7.11 Å². The maximum Gasteiger partial charge on any atom is 0.338 e. The van der Waals surface area contributed by atoms with E-state index in [-0.39, 0.29) is 34.2 Å². The van der Waals surface area contributed by atoms with Crippen LogP contribution in [0.2, 0.25) is 5.02 Å². The number of hydrogen-bond acceptors (Lipinski definition) is 9. The van der Waals surface area contributed by atoms with Crippen LogP contribution in [-0.4, -0.2) is 22.6 Å². The molecule has 12 heteroatoms. The van der Waals surface area contributed by atoms with Crippen LogP contribution in [0, 0.1) is 10.1 Å². The molecule has 0 bridgehead atoms. The number of benzene rings is 2. The van der Waals surface area contributed by atoms with Crippen LogP contribution in [0.3, 0.4) is 0 Å². The van der Waals surface area contributed by atoms with E-state index >= 15 is 0 Å². The third-order valence-electron chi connectivity index (χ3n) is 5.99. The molecular weight excluding hydrogens is 546 g/mol. The van der Waals surface area contributed by atoms with E-state index in [1.807, 2.05) is 30.3 Å². The molecule has 2 aromatic carbocycles. The molecule has 0 aliphatic carbocycles. The molecular formula is C27H20ClN3O7S. The van der Waals surface area contributed by atoms with Gasteiger partial charge in [0.1, 0.15) is 18.1 Å². The summed E-state index contributed by atoms with van der Waals surface area (Å²) in [7, 11) is 1.29. The summed E-state index contributed by atoms with van der Waals surface area (Å²) in [5.74, 6) is 0.262. The van der Waals surface area contributed by atoms with Crippen LogP contribution in [0.1, 0.15) is 30.0 Å². The highest BCUT2D eigenvalue weighted by Gasteiger charge is 2.33. The molecule has 39 heavy (non-hydrogen) atoms. The zero-order valence-corrected chi connectivity index (χ0v) is 22.2. The van der Waals surface area contributed by atoms with Gasteiger partial charge >= 0.3 is 11.7 Å². The molecule has 2 aromatic heterocycles. The van der Waals surface area contributed by atoms with E-state index in [0.717, 1.165) is 5.56 Å². The second kappa shape index (κ2) is 10.7. The Labute approximate surface area is 229 Å². The Bertz CT molecular complexity index is 1800. The lowest BCUT2D eigenvalue weighted by molar-refractivity contribution is -0.385. The number of rotatable bonds is 7.